The number of aliphatic carboxylic acids is 2. The van der Waals surface area contributed by atoms with Gasteiger partial charge < -0.3 is 34.1 Å². The Morgan fingerprint density at radius 3 is 1.88 bits per heavy atom. The summed E-state index contributed by atoms with van der Waals surface area (Å²) < 4.78 is 15.7. The van der Waals surface area contributed by atoms with E-state index in [-0.39, 0.29) is 22.5 Å². The Kier molecular flexibility index (Phi) is 12.0. The molecule has 4 aromatic carbocycles. The van der Waals surface area contributed by atoms with Gasteiger partial charge in [-0.05, 0) is 78.6 Å². The van der Waals surface area contributed by atoms with E-state index in [1.54, 1.807) is 36.9 Å². The van der Waals surface area contributed by atoms with Gasteiger partial charge in [0.05, 0.1) is 25.2 Å². The van der Waals surface area contributed by atoms with E-state index in [9.17, 15) is 19.5 Å². The Hall–Kier alpha value is -5.78. The molecule has 0 amide bonds. The van der Waals surface area contributed by atoms with E-state index in [1.807, 2.05) is 11.8 Å². The van der Waals surface area contributed by atoms with Crippen LogP contribution in [0.5, 0.6) is 17.2 Å². The molecule has 0 spiro atoms. The average Bonchev–Trinajstić information content (AvgIpc) is 3.14. The molecule has 2 aliphatic heterocycles. The van der Waals surface area contributed by atoms with E-state index in [2.05, 4.69) is 60.5 Å². The quantitative estimate of drug-likeness (QED) is 0.152. The van der Waals surface area contributed by atoms with Crippen molar-refractivity contribution >= 4 is 40.2 Å². The number of phenols is 1. The number of hydrogen-bond acceptors (Lipinski definition) is 9. The zero-order valence-corrected chi connectivity index (χ0v) is 29.1. The van der Waals surface area contributed by atoms with Crippen LogP contribution in [0.3, 0.4) is 0 Å². The highest BCUT2D eigenvalue weighted by atomic mass is 32.2. The Bertz CT molecular complexity index is 2100. The topological polar surface area (TPSA) is 147 Å². The van der Waals surface area contributed by atoms with Gasteiger partial charge in [0.2, 0.25) is 11.2 Å². The van der Waals surface area contributed by atoms with E-state index < -0.39 is 11.9 Å². The van der Waals surface area contributed by atoms with Crippen LogP contribution in [-0.4, -0.2) is 66.5 Å². The largest absolute Gasteiger partial charge is 0.504 e. The summed E-state index contributed by atoms with van der Waals surface area (Å²) in [7, 11) is 5.21. The lowest BCUT2D eigenvalue weighted by Gasteiger charge is -2.30. The zero-order valence-electron chi connectivity index (χ0n) is 28.3. The van der Waals surface area contributed by atoms with E-state index in [1.165, 1.54) is 77.9 Å². The standard InChI is InChI=1S/C19H19NS.C17H14O5.C4H4O4/c1-20-12-10-14(11-13-20)19-15-6-2-4-8-17(15)21-18-9-5-3-7-16(18)19;1-20-11-5-3-10(4-6-11)13-9-22-16-12(15(13)19)7-8-14(18)17(16)21-2;5-3(6)1-2-4(7)8/h2-9H,10-13H2,1H3;3-9,18H,1-2H3;1-2H,(H,5,6)(H,7,8). The van der Waals surface area contributed by atoms with Crippen molar-refractivity contribution in [2.24, 2.45) is 0 Å². The van der Waals surface area contributed by atoms with Crippen LogP contribution in [0, 0.1) is 0 Å². The van der Waals surface area contributed by atoms with Crippen molar-refractivity contribution in [3.8, 4) is 28.4 Å². The molecule has 0 bridgehead atoms. The van der Waals surface area contributed by atoms with E-state index in [4.69, 9.17) is 24.1 Å². The molecule has 1 fully saturated rings. The van der Waals surface area contributed by atoms with Gasteiger partial charge in [-0.15, -0.1) is 0 Å². The fourth-order valence-electron chi connectivity index (χ4n) is 5.78. The molecule has 1 saturated heterocycles. The van der Waals surface area contributed by atoms with Crippen LogP contribution in [0.1, 0.15) is 24.0 Å². The van der Waals surface area contributed by atoms with Crippen LogP contribution in [0.15, 0.2) is 128 Å². The molecule has 3 heterocycles. The monoisotopic (exact) mass is 707 g/mol. The van der Waals surface area contributed by atoms with E-state index in [0.717, 1.165) is 5.56 Å². The fourth-order valence-corrected chi connectivity index (χ4v) is 6.87. The van der Waals surface area contributed by atoms with E-state index in [0.29, 0.717) is 28.9 Å². The van der Waals surface area contributed by atoms with Crippen molar-refractivity contribution in [2.75, 3.05) is 34.4 Å². The number of hydrogen-bond donors (Lipinski definition) is 3. The number of aromatic hydroxyl groups is 1. The Labute approximate surface area is 298 Å². The van der Waals surface area contributed by atoms with Crippen LogP contribution in [0.2, 0.25) is 0 Å². The third kappa shape index (κ3) is 8.69. The normalized spacial score (nSPS) is 13.6. The molecule has 0 radical (unpaired) electrons. The molecule has 0 saturated carbocycles. The molecule has 0 aliphatic carbocycles. The maximum Gasteiger partial charge on any atom is 0.328 e. The number of carbonyl (C=O) groups is 2. The summed E-state index contributed by atoms with van der Waals surface area (Å²) in [4.78, 5) is 37.0. The first-order valence-electron chi connectivity index (χ1n) is 16.0. The smallest absolute Gasteiger partial charge is 0.328 e. The van der Waals surface area contributed by atoms with Crippen LogP contribution in [0.4, 0.5) is 0 Å². The maximum absolute atomic E-state index is 12.6. The van der Waals surface area contributed by atoms with Crippen molar-refractivity contribution in [3.63, 3.8) is 0 Å². The van der Waals surface area contributed by atoms with Gasteiger partial charge in [0.25, 0.3) is 0 Å². The third-order valence-corrected chi connectivity index (χ3v) is 9.48. The fraction of sp³-hybridized carbons (Fsp3) is 0.175. The molecular formula is C40H37NO9S. The molecule has 3 N–H and O–H groups in total. The second kappa shape index (κ2) is 16.8. The summed E-state index contributed by atoms with van der Waals surface area (Å²) in [6.45, 7) is 2.35. The number of fused-ring (bicyclic) bond motifs is 3. The summed E-state index contributed by atoms with van der Waals surface area (Å²) in [5.41, 5.74) is 7.20. The number of methoxy groups -OCH3 is 2. The van der Waals surface area contributed by atoms with Crippen LogP contribution < -0.4 is 14.9 Å². The van der Waals surface area contributed by atoms with Crippen molar-refractivity contribution in [2.45, 2.75) is 22.6 Å². The highest BCUT2D eigenvalue weighted by Crippen LogP contribution is 2.47. The SMILES string of the molecule is CN1CCC(=C2c3ccccc3Sc3ccccc32)CC1.COc1ccc(-c2coc3c(OC)c(O)ccc3c2=O)cc1.O=C(O)C=CC(=O)O. The minimum Gasteiger partial charge on any atom is -0.504 e. The highest BCUT2D eigenvalue weighted by molar-refractivity contribution is 7.99. The lowest BCUT2D eigenvalue weighted by molar-refractivity contribution is -0.134. The minimum absolute atomic E-state index is 0.0738. The molecule has 262 valence electrons. The average molecular weight is 708 g/mol. The molecule has 2 aliphatic rings. The molecular weight excluding hydrogens is 671 g/mol. The Balaban J connectivity index is 0.000000164. The molecule has 10 nitrogen and oxygen atoms in total. The predicted octanol–water partition coefficient (Wildman–Crippen LogP) is 7.57. The zero-order chi connectivity index (χ0) is 36.5. The second-order valence-corrected chi connectivity index (χ2v) is 12.7. The first kappa shape index (κ1) is 36.5. The number of piperidine rings is 1. The van der Waals surface area contributed by atoms with Crippen LogP contribution in [-0.2, 0) is 9.59 Å². The summed E-state index contributed by atoms with van der Waals surface area (Å²) >= 11 is 1.91. The third-order valence-electron chi connectivity index (χ3n) is 8.33. The number of carboxylic acid groups (broad SMARTS) is 2. The van der Waals surface area contributed by atoms with Crippen LogP contribution >= 0.6 is 11.8 Å². The van der Waals surface area contributed by atoms with Gasteiger partial charge in [-0.2, -0.15) is 0 Å². The summed E-state index contributed by atoms with van der Waals surface area (Å²) in [6.07, 6.45) is 4.87. The first-order chi connectivity index (χ1) is 24.6. The Morgan fingerprint density at radius 1 is 0.784 bits per heavy atom. The van der Waals surface area contributed by atoms with Gasteiger partial charge >= 0.3 is 11.9 Å². The van der Waals surface area contributed by atoms with Crippen molar-refractivity contribution in [3.05, 3.63) is 130 Å². The van der Waals surface area contributed by atoms with Gasteiger partial charge in [-0.3, -0.25) is 4.79 Å². The Morgan fingerprint density at radius 2 is 1.35 bits per heavy atom. The number of benzene rings is 4. The number of phenolic OH excluding ortho intramolecular Hbond substituents is 1. The number of likely N-dealkylation sites (tertiary alicyclic amines) is 1. The molecule has 5 aromatic rings. The number of ether oxygens (including phenoxy) is 2. The van der Waals surface area contributed by atoms with E-state index >= 15 is 0 Å². The molecule has 7 rings (SSSR count). The summed E-state index contributed by atoms with van der Waals surface area (Å²) in [6, 6.07) is 27.8. The van der Waals surface area contributed by atoms with Gasteiger partial charge in [0.15, 0.2) is 11.3 Å². The molecule has 11 heteroatoms. The summed E-state index contributed by atoms with van der Waals surface area (Å²) in [5.74, 6) is -1.73. The highest BCUT2D eigenvalue weighted by Gasteiger charge is 2.24. The van der Waals surface area contributed by atoms with Crippen molar-refractivity contribution in [1.29, 1.82) is 0 Å². The van der Waals surface area contributed by atoms with Gasteiger partial charge in [0, 0.05) is 35.0 Å². The maximum atomic E-state index is 12.6. The molecule has 1 aromatic heterocycles. The number of carboxylic acids is 2. The first-order valence-corrected chi connectivity index (χ1v) is 16.8. The second-order valence-electron chi connectivity index (χ2n) is 11.6. The van der Waals surface area contributed by atoms with Gasteiger partial charge in [0.1, 0.15) is 12.0 Å². The lowest BCUT2D eigenvalue weighted by atomic mass is 9.88. The van der Waals surface area contributed by atoms with Gasteiger partial charge in [-0.1, -0.05) is 65.9 Å². The van der Waals surface area contributed by atoms with Crippen LogP contribution in [0.25, 0.3) is 27.7 Å². The molecule has 51 heavy (non-hydrogen) atoms. The summed E-state index contributed by atoms with van der Waals surface area (Å²) in [5, 5.41) is 25.7. The van der Waals surface area contributed by atoms with Crippen molar-refractivity contribution in [1.82, 2.24) is 4.90 Å². The number of nitrogens with zero attached hydrogens (tertiary/aromatic N) is 1. The van der Waals surface area contributed by atoms with Crippen molar-refractivity contribution < 1.29 is 38.8 Å². The lowest BCUT2D eigenvalue weighted by Crippen LogP contribution is -2.27. The molecule has 0 unspecified atom stereocenters. The van der Waals surface area contributed by atoms with Gasteiger partial charge in [-0.25, -0.2) is 9.59 Å². The minimum atomic E-state index is -1.26. The predicted molar refractivity (Wildman–Crippen MR) is 197 cm³/mol. The number of rotatable bonds is 5. The molecule has 0 atom stereocenters.